The van der Waals surface area contributed by atoms with Crippen molar-refractivity contribution in [3.63, 3.8) is 0 Å². The number of pyridine rings is 1. The molecule has 0 amide bonds. The summed E-state index contributed by atoms with van der Waals surface area (Å²) in [7, 11) is -3.51. The Morgan fingerprint density at radius 2 is 2.14 bits per heavy atom. The number of aromatic nitrogens is 1. The summed E-state index contributed by atoms with van der Waals surface area (Å²) in [4.78, 5) is 6.28. The highest BCUT2D eigenvalue weighted by molar-refractivity contribution is 7.89. The third kappa shape index (κ3) is 3.23. The normalized spacial score (nSPS) is 19.8. The molecular weight excluding hydrogens is 288 g/mol. The molecule has 0 bridgehead atoms. The van der Waals surface area contributed by atoms with E-state index in [-0.39, 0.29) is 16.6 Å². The molecule has 1 aliphatic rings. The van der Waals surface area contributed by atoms with Gasteiger partial charge >= 0.3 is 0 Å². The lowest BCUT2D eigenvalue weighted by molar-refractivity contribution is 0.224. The van der Waals surface area contributed by atoms with E-state index in [0.29, 0.717) is 13.1 Å². The number of rotatable bonds is 5. The van der Waals surface area contributed by atoms with Gasteiger partial charge in [-0.2, -0.15) is 9.57 Å². The Bertz CT molecular complexity index is 617. The molecule has 0 saturated carbocycles. The van der Waals surface area contributed by atoms with Crippen molar-refractivity contribution in [2.75, 3.05) is 26.2 Å². The first-order valence-electron chi connectivity index (χ1n) is 7.13. The SMILES string of the molecule is CCN(CC)C1CCN(S(=O)(=O)c2ccc(C#N)nc2)C1. The van der Waals surface area contributed by atoms with Crippen LogP contribution in [0.1, 0.15) is 26.0 Å². The summed E-state index contributed by atoms with van der Waals surface area (Å²) < 4.78 is 26.6. The van der Waals surface area contributed by atoms with Crippen molar-refractivity contribution in [2.24, 2.45) is 0 Å². The molecule has 2 heterocycles. The Morgan fingerprint density at radius 1 is 1.43 bits per heavy atom. The fraction of sp³-hybridized carbons (Fsp3) is 0.571. The Morgan fingerprint density at radius 3 is 2.67 bits per heavy atom. The molecule has 1 unspecified atom stereocenters. The average molecular weight is 308 g/mol. The molecule has 1 fully saturated rings. The lowest BCUT2D eigenvalue weighted by Gasteiger charge is -2.26. The molecule has 0 N–H and O–H groups in total. The van der Waals surface area contributed by atoms with Crippen LogP contribution in [0.2, 0.25) is 0 Å². The highest BCUT2D eigenvalue weighted by Gasteiger charge is 2.34. The van der Waals surface area contributed by atoms with Crippen LogP contribution in [-0.4, -0.2) is 54.8 Å². The van der Waals surface area contributed by atoms with Gasteiger partial charge in [-0.1, -0.05) is 13.8 Å². The first kappa shape index (κ1) is 15.9. The maximum Gasteiger partial charge on any atom is 0.244 e. The lowest BCUT2D eigenvalue weighted by atomic mass is 10.2. The molecule has 2 rings (SSSR count). The highest BCUT2D eigenvalue weighted by Crippen LogP contribution is 2.23. The number of nitrogens with zero attached hydrogens (tertiary/aromatic N) is 4. The van der Waals surface area contributed by atoms with E-state index in [9.17, 15) is 8.42 Å². The van der Waals surface area contributed by atoms with Crippen LogP contribution in [-0.2, 0) is 10.0 Å². The quantitative estimate of drug-likeness (QED) is 0.813. The summed E-state index contributed by atoms with van der Waals surface area (Å²) in [5.41, 5.74) is 0.219. The van der Waals surface area contributed by atoms with Crippen molar-refractivity contribution in [1.29, 1.82) is 5.26 Å². The Labute approximate surface area is 126 Å². The molecule has 114 valence electrons. The van der Waals surface area contributed by atoms with Gasteiger partial charge in [-0.3, -0.25) is 4.90 Å². The predicted octanol–water partition coefficient (Wildman–Crippen LogP) is 1.06. The third-order valence-electron chi connectivity index (χ3n) is 3.94. The van der Waals surface area contributed by atoms with Gasteiger partial charge in [0.1, 0.15) is 16.7 Å². The van der Waals surface area contributed by atoms with E-state index in [0.717, 1.165) is 19.5 Å². The summed E-state index contributed by atoms with van der Waals surface area (Å²) >= 11 is 0. The average Bonchev–Trinajstić information content (AvgIpc) is 2.99. The molecule has 1 aromatic heterocycles. The Hall–Kier alpha value is -1.49. The minimum Gasteiger partial charge on any atom is -0.300 e. The second kappa shape index (κ2) is 6.52. The summed E-state index contributed by atoms with van der Waals surface area (Å²) in [5.74, 6) is 0. The van der Waals surface area contributed by atoms with Gasteiger partial charge in [0.25, 0.3) is 0 Å². The summed E-state index contributed by atoms with van der Waals surface area (Å²) in [6, 6.07) is 5.05. The van der Waals surface area contributed by atoms with Gasteiger partial charge in [-0.25, -0.2) is 13.4 Å². The minimum atomic E-state index is -3.51. The van der Waals surface area contributed by atoms with Crippen LogP contribution >= 0.6 is 0 Å². The second-order valence-electron chi connectivity index (χ2n) is 5.02. The zero-order chi connectivity index (χ0) is 15.5. The zero-order valence-electron chi connectivity index (χ0n) is 12.4. The number of sulfonamides is 1. The van der Waals surface area contributed by atoms with Gasteiger partial charge in [-0.15, -0.1) is 0 Å². The zero-order valence-corrected chi connectivity index (χ0v) is 13.2. The molecule has 0 spiro atoms. The van der Waals surface area contributed by atoms with Crippen LogP contribution < -0.4 is 0 Å². The maximum absolute atomic E-state index is 12.6. The number of nitriles is 1. The molecule has 1 aromatic rings. The molecule has 1 aliphatic heterocycles. The first-order valence-corrected chi connectivity index (χ1v) is 8.57. The number of likely N-dealkylation sites (N-methyl/N-ethyl adjacent to an activating group) is 1. The lowest BCUT2D eigenvalue weighted by Crippen LogP contribution is -2.38. The van der Waals surface area contributed by atoms with Crippen LogP contribution in [0.4, 0.5) is 0 Å². The van der Waals surface area contributed by atoms with Gasteiger partial charge in [0.2, 0.25) is 10.0 Å². The van der Waals surface area contributed by atoms with Crippen LogP contribution in [0.15, 0.2) is 23.2 Å². The van der Waals surface area contributed by atoms with Gasteiger partial charge < -0.3 is 0 Å². The van der Waals surface area contributed by atoms with Crippen molar-refractivity contribution in [2.45, 2.75) is 31.2 Å². The predicted molar refractivity (Wildman–Crippen MR) is 79.0 cm³/mol. The fourth-order valence-electron chi connectivity index (χ4n) is 2.72. The molecule has 0 aliphatic carbocycles. The summed E-state index contributed by atoms with van der Waals surface area (Å²) in [6.07, 6.45) is 2.11. The van der Waals surface area contributed by atoms with E-state index in [2.05, 4.69) is 23.7 Å². The van der Waals surface area contributed by atoms with Crippen LogP contribution in [0, 0.1) is 11.3 Å². The van der Waals surface area contributed by atoms with Crippen LogP contribution in [0.5, 0.6) is 0 Å². The molecule has 21 heavy (non-hydrogen) atoms. The van der Waals surface area contributed by atoms with Crippen LogP contribution in [0.3, 0.4) is 0 Å². The molecule has 7 heteroatoms. The molecule has 0 aromatic carbocycles. The van der Waals surface area contributed by atoms with Gasteiger partial charge in [0.05, 0.1) is 0 Å². The third-order valence-corrected chi connectivity index (χ3v) is 5.79. The fourth-order valence-corrected chi connectivity index (χ4v) is 4.15. The van der Waals surface area contributed by atoms with Crippen molar-refractivity contribution in [3.8, 4) is 6.07 Å². The van der Waals surface area contributed by atoms with E-state index < -0.39 is 10.0 Å². The largest absolute Gasteiger partial charge is 0.300 e. The molecule has 1 saturated heterocycles. The van der Waals surface area contributed by atoms with E-state index in [1.807, 2.05) is 6.07 Å². The second-order valence-corrected chi connectivity index (χ2v) is 6.96. The van der Waals surface area contributed by atoms with Crippen molar-refractivity contribution in [1.82, 2.24) is 14.2 Å². The summed E-state index contributed by atoms with van der Waals surface area (Å²) in [5, 5.41) is 8.72. The van der Waals surface area contributed by atoms with E-state index in [4.69, 9.17) is 5.26 Å². The monoisotopic (exact) mass is 308 g/mol. The van der Waals surface area contributed by atoms with Gasteiger partial charge in [0.15, 0.2) is 0 Å². The Kier molecular flexibility index (Phi) is 4.93. The van der Waals surface area contributed by atoms with Crippen molar-refractivity contribution >= 4 is 10.0 Å². The molecular formula is C14H20N4O2S. The highest BCUT2D eigenvalue weighted by atomic mass is 32.2. The maximum atomic E-state index is 12.6. The number of hydrogen-bond acceptors (Lipinski definition) is 5. The molecule has 0 radical (unpaired) electrons. The first-order chi connectivity index (χ1) is 10.0. The summed E-state index contributed by atoms with van der Waals surface area (Å²) in [6.45, 7) is 7.07. The van der Waals surface area contributed by atoms with Gasteiger partial charge in [-0.05, 0) is 31.6 Å². The van der Waals surface area contributed by atoms with Crippen molar-refractivity contribution < 1.29 is 8.42 Å². The minimum absolute atomic E-state index is 0.154. The topological polar surface area (TPSA) is 77.3 Å². The smallest absolute Gasteiger partial charge is 0.244 e. The number of hydrogen-bond donors (Lipinski definition) is 0. The van der Waals surface area contributed by atoms with E-state index in [1.54, 1.807) is 0 Å². The van der Waals surface area contributed by atoms with Crippen molar-refractivity contribution in [3.05, 3.63) is 24.0 Å². The van der Waals surface area contributed by atoms with Gasteiger partial charge in [0, 0.05) is 25.3 Å². The van der Waals surface area contributed by atoms with Crippen LogP contribution in [0.25, 0.3) is 0 Å². The van der Waals surface area contributed by atoms with E-state index in [1.165, 1.54) is 22.6 Å². The molecule has 6 nitrogen and oxygen atoms in total. The van der Waals surface area contributed by atoms with E-state index >= 15 is 0 Å². The standard InChI is InChI=1S/C14H20N4O2S/c1-3-17(4-2)13-7-8-18(11-13)21(19,20)14-6-5-12(9-15)16-10-14/h5-6,10,13H,3-4,7-8,11H2,1-2H3. The molecule has 1 atom stereocenters. The Balaban J connectivity index is 2.15.